The lowest BCUT2D eigenvalue weighted by Crippen LogP contribution is -2.47. The molecule has 2 aliphatic heterocycles. The highest BCUT2D eigenvalue weighted by Gasteiger charge is 2.44. The molecule has 1 amide bonds. The molecule has 0 spiro atoms. The smallest absolute Gasteiger partial charge is 0.249 e. The van der Waals surface area contributed by atoms with Crippen molar-refractivity contribution in [3.05, 3.63) is 48.2 Å². The van der Waals surface area contributed by atoms with Crippen LogP contribution in [0.1, 0.15) is 54.6 Å². The lowest BCUT2D eigenvalue weighted by molar-refractivity contribution is -0.139. The molecular weight excluding hydrogens is 472 g/mol. The molecule has 2 atom stereocenters. The highest BCUT2D eigenvalue weighted by Crippen LogP contribution is 2.44. The van der Waals surface area contributed by atoms with Crippen molar-refractivity contribution in [2.45, 2.75) is 50.6 Å². The van der Waals surface area contributed by atoms with E-state index in [1.165, 1.54) is 18.5 Å². The number of rotatable bonds is 6. The van der Waals surface area contributed by atoms with E-state index in [4.69, 9.17) is 15.5 Å². The van der Waals surface area contributed by atoms with Gasteiger partial charge in [-0.25, -0.2) is 9.97 Å². The molecule has 11 nitrogen and oxygen atoms in total. The van der Waals surface area contributed by atoms with Crippen molar-refractivity contribution >= 4 is 23.2 Å². The fraction of sp³-hybridized carbons (Fsp3) is 0.385. The number of nitrogens with zero attached hydrogens (tertiary/aromatic N) is 6. The molecule has 37 heavy (non-hydrogen) atoms. The lowest BCUT2D eigenvalue weighted by atomic mass is 9.85. The van der Waals surface area contributed by atoms with Crippen molar-refractivity contribution < 1.29 is 14.3 Å². The summed E-state index contributed by atoms with van der Waals surface area (Å²) in [6.45, 7) is 1.59. The van der Waals surface area contributed by atoms with Gasteiger partial charge in [0.1, 0.15) is 18.1 Å². The number of carbonyl (C=O) groups is 2. The number of amides is 1. The van der Waals surface area contributed by atoms with E-state index in [0.717, 1.165) is 42.5 Å². The molecule has 6 heterocycles. The number of ether oxygens (including phenoxy) is 1. The molecule has 2 aliphatic rings. The summed E-state index contributed by atoms with van der Waals surface area (Å²) in [4.78, 5) is 44.3. The van der Waals surface area contributed by atoms with Crippen molar-refractivity contribution in [1.29, 1.82) is 0 Å². The Balaban J connectivity index is 1.40. The molecule has 4 aromatic rings. The fourth-order valence-corrected chi connectivity index (χ4v) is 6.00. The fourth-order valence-electron chi connectivity index (χ4n) is 6.00. The number of piperidine rings is 1. The molecular formula is C26H28N8O3. The van der Waals surface area contributed by atoms with E-state index in [1.54, 1.807) is 24.8 Å². The topological polar surface area (TPSA) is 144 Å². The van der Waals surface area contributed by atoms with Crippen LogP contribution in [0.2, 0.25) is 0 Å². The second-order valence-corrected chi connectivity index (χ2v) is 9.76. The maximum Gasteiger partial charge on any atom is 0.249 e. The van der Waals surface area contributed by atoms with E-state index in [1.807, 2.05) is 17.0 Å². The van der Waals surface area contributed by atoms with Gasteiger partial charge in [0.05, 0.1) is 17.5 Å². The number of anilines is 1. The Morgan fingerprint density at radius 1 is 1.16 bits per heavy atom. The summed E-state index contributed by atoms with van der Waals surface area (Å²) >= 11 is 0. The van der Waals surface area contributed by atoms with E-state index in [-0.39, 0.29) is 42.1 Å². The van der Waals surface area contributed by atoms with Crippen molar-refractivity contribution in [1.82, 2.24) is 34.4 Å². The van der Waals surface area contributed by atoms with Crippen LogP contribution in [0, 0.1) is 0 Å². The number of methoxy groups -OCH3 is 1. The summed E-state index contributed by atoms with van der Waals surface area (Å²) < 4.78 is 6.63. The van der Waals surface area contributed by atoms with Crippen LogP contribution >= 0.6 is 0 Å². The Morgan fingerprint density at radius 2 is 1.95 bits per heavy atom. The second-order valence-electron chi connectivity index (χ2n) is 9.76. The third-order valence-electron chi connectivity index (χ3n) is 7.55. The van der Waals surface area contributed by atoms with Gasteiger partial charge in [-0.1, -0.05) is 6.07 Å². The van der Waals surface area contributed by atoms with Crippen LogP contribution < -0.4 is 5.73 Å². The molecule has 190 valence electrons. The Morgan fingerprint density at radius 3 is 2.57 bits per heavy atom. The van der Waals surface area contributed by atoms with Crippen molar-refractivity contribution in [2.75, 3.05) is 19.5 Å². The maximum absolute atomic E-state index is 12.8. The van der Waals surface area contributed by atoms with Crippen molar-refractivity contribution in [3.8, 4) is 22.6 Å². The number of Topliss-reactive ketones (excluding diaryl/α,β-unsaturated/α-hetero) is 1. The SMILES string of the molecule is COCC(=O)N1C2CCC1CC(c1nc3c(-c4ccc(-c5ncc[nH]5)nc4)cnn3c(N)c1C(C)=O)C2. The zero-order valence-corrected chi connectivity index (χ0v) is 20.7. The van der Waals surface area contributed by atoms with Gasteiger partial charge in [0, 0.05) is 54.8 Å². The number of pyridine rings is 1. The number of H-pyrrole nitrogens is 1. The summed E-state index contributed by atoms with van der Waals surface area (Å²) in [5.74, 6) is 0.856. The lowest BCUT2D eigenvalue weighted by Gasteiger charge is -2.39. The standard InChI is InChI=1S/C26H28N8O3/c1-14(35)22-23(16-9-17-4-5-18(10-16)33(17)21(36)13-37-2)32-26-19(12-31-34(26)24(22)27)15-3-6-20(30-11-15)25-28-7-8-29-25/h3,6-8,11-12,16-18H,4-5,9-10,13,27H2,1-2H3,(H,28,29). The summed E-state index contributed by atoms with van der Waals surface area (Å²) in [5.41, 5.74) is 10.6. The summed E-state index contributed by atoms with van der Waals surface area (Å²) in [7, 11) is 1.54. The second kappa shape index (κ2) is 9.07. The van der Waals surface area contributed by atoms with Gasteiger partial charge >= 0.3 is 0 Å². The molecule has 2 unspecified atom stereocenters. The van der Waals surface area contributed by atoms with Crippen LogP contribution in [-0.2, 0) is 9.53 Å². The first-order chi connectivity index (χ1) is 18.0. The Labute approximate surface area is 213 Å². The van der Waals surface area contributed by atoms with E-state index in [9.17, 15) is 9.59 Å². The molecule has 0 aromatic carbocycles. The molecule has 2 bridgehead atoms. The molecule has 0 radical (unpaired) electrons. The van der Waals surface area contributed by atoms with E-state index in [2.05, 4.69) is 20.1 Å². The highest BCUT2D eigenvalue weighted by molar-refractivity contribution is 6.00. The van der Waals surface area contributed by atoms with Crippen LogP contribution in [0.15, 0.2) is 36.9 Å². The molecule has 11 heteroatoms. The minimum atomic E-state index is -0.145. The van der Waals surface area contributed by atoms with E-state index in [0.29, 0.717) is 22.7 Å². The number of imidazole rings is 1. The van der Waals surface area contributed by atoms with Crippen molar-refractivity contribution in [3.63, 3.8) is 0 Å². The van der Waals surface area contributed by atoms with E-state index >= 15 is 0 Å². The summed E-state index contributed by atoms with van der Waals surface area (Å²) in [6, 6.07) is 4.04. The predicted molar refractivity (Wildman–Crippen MR) is 136 cm³/mol. The van der Waals surface area contributed by atoms with Crippen molar-refractivity contribution in [2.24, 2.45) is 0 Å². The molecule has 0 aliphatic carbocycles. The molecule has 6 rings (SSSR count). The zero-order chi connectivity index (χ0) is 25.7. The minimum Gasteiger partial charge on any atom is -0.383 e. The van der Waals surface area contributed by atoms with E-state index < -0.39 is 0 Å². The van der Waals surface area contributed by atoms with Gasteiger partial charge in [-0.15, -0.1) is 0 Å². The number of hydrogen-bond donors (Lipinski definition) is 2. The summed E-state index contributed by atoms with van der Waals surface area (Å²) in [6.07, 6.45) is 10.2. The first-order valence-corrected chi connectivity index (χ1v) is 12.4. The first kappa shape index (κ1) is 23.3. The van der Waals surface area contributed by atoms with Gasteiger partial charge < -0.3 is 20.4 Å². The quantitative estimate of drug-likeness (QED) is 0.385. The predicted octanol–water partition coefficient (Wildman–Crippen LogP) is 2.85. The molecule has 3 N–H and O–H groups in total. The van der Waals surface area contributed by atoms with Gasteiger partial charge in [-0.05, 0) is 38.7 Å². The van der Waals surface area contributed by atoms with Gasteiger partial charge in [-0.3, -0.25) is 14.6 Å². The molecule has 4 aromatic heterocycles. The third-order valence-corrected chi connectivity index (χ3v) is 7.55. The Bertz CT molecular complexity index is 1460. The number of carbonyl (C=O) groups excluding carboxylic acids is 2. The number of nitrogens with two attached hydrogens (primary N) is 1. The Hall–Kier alpha value is -4.12. The number of aromatic nitrogens is 6. The number of nitrogen functional groups attached to an aromatic ring is 1. The zero-order valence-electron chi connectivity index (χ0n) is 20.7. The minimum absolute atomic E-state index is 0.0116. The van der Waals surface area contributed by atoms with Gasteiger partial charge in [0.2, 0.25) is 5.91 Å². The number of nitrogens with one attached hydrogen (secondary N) is 1. The van der Waals surface area contributed by atoms with Crippen LogP contribution in [0.4, 0.5) is 5.82 Å². The monoisotopic (exact) mass is 500 g/mol. The van der Waals surface area contributed by atoms with Gasteiger partial charge in [0.25, 0.3) is 0 Å². The maximum atomic E-state index is 12.8. The molecule has 0 saturated carbocycles. The van der Waals surface area contributed by atoms with Gasteiger partial charge in [-0.2, -0.15) is 9.61 Å². The number of ketones is 1. The molecule has 2 fully saturated rings. The summed E-state index contributed by atoms with van der Waals surface area (Å²) in [5, 5.41) is 4.46. The normalized spacial score (nSPS) is 21.0. The largest absolute Gasteiger partial charge is 0.383 e. The van der Waals surface area contributed by atoms with Gasteiger partial charge in [0.15, 0.2) is 17.3 Å². The number of fused-ring (bicyclic) bond motifs is 3. The average molecular weight is 501 g/mol. The third kappa shape index (κ3) is 3.86. The number of hydrogen-bond acceptors (Lipinski definition) is 8. The first-order valence-electron chi connectivity index (χ1n) is 12.4. The highest BCUT2D eigenvalue weighted by atomic mass is 16.5. The average Bonchev–Trinajstić information content (AvgIpc) is 3.62. The van der Waals surface area contributed by atoms with Crippen LogP contribution in [-0.4, -0.2) is 71.9 Å². The Kier molecular flexibility index (Phi) is 5.71. The van der Waals surface area contributed by atoms with Crippen LogP contribution in [0.5, 0.6) is 0 Å². The molecule has 2 saturated heterocycles. The van der Waals surface area contributed by atoms with Crippen LogP contribution in [0.3, 0.4) is 0 Å². The number of aromatic amines is 1. The van der Waals surface area contributed by atoms with Crippen LogP contribution in [0.25, 0.3) is 28.3 Å².